The number of ketones is 1. The summed E-state index contributed by atoms with van der Waals surface area (Å²) < 4.78 is 65.9. The van der Waals surface area contributed by atoms with Crippen LogP contribution in [-0.4, -0.2) is 59.2 Å². The zero-order valence-corrected chi connectivity index (χ0v) is 25.3. The van der Waals surface area contributed by atoms with Gasteiger partial charge in [-0.2, -0.15) is 17.5 Å². The number of hydrogen-bond donors (Lipinski definition) is 2. The van der Waals surface area contributed by atoms with Crippen molar-refractivity contribution in [3.63, 3.8) is 0 Å². The van der Waals surface area contributed by atoms with Crippen LogP contribution in [0.1, 0.15) is 55.7 Å². The number of carbonyl (C=O) groups excluding carboxylic acids is 1. The van der Waals surface area contributed by atoms with Crippen molar-refractivity contribution in [1.82, 2.24) is 14.2 Å². The minimum absolute atomic E-state index is 0. The van der Waals surface area contributed by atoms with Crippen LogP contribution in [0.2, 0.25) is 0 Å². The Morgan fingerprint density at radius 1 is 1.07 bits per heavy atom. The number of aromatic nitrogens is 1. The summed E-state index contributed by atoms with van der Waals surface area (Å²) in [6, 6.07) is 13.9. The van der Waals surface area contributed by atoms with Crippen LogP contribution in [0.3, 0.4) is 0 Å². The van der Waals surface area contributed by atoms with Gasteiger partial charge >= 0.3 is 15.5 Å². The molecule has 0 spiro atoms. The van der Waals surface area contributed by atoms with Crippen molar-refractivity contribution in [2.45, 2.75) is 62.5 Å². The summed E-state index contributed by atoms with van der Waals surface area (Å²) in [4.78, 5) is 12.8. The highest BCUT2D eigenvalue weighted by molar-refractivity contribution is 7.90. The van der Waals surface area contributed by atoms with Gasteiger partial charge in [0.25, 0.3) is 0 Å². The van der Waals surface area contributed by atoms with E-state index in [9.17, 15) is 26.4 Å². The lowest BCUT2D eigenvalue weighted by Gasteiger charge is -2.32. The van der Waals surface area contributed by atoms with Gasteiger partial charge in [-0.1, -0.05) is 42.5 Å². The molecule has 0 aliphatic carbocycles. The van der Waals surface area contributed by atoms with Crippen molar-refractivity contribution >= 4 is 56.3 Å². The second-order valence-electron chi connectivity index (χ2n) is 10.8. The molecule has 7 nitrogen and oxygen atoms in total. The number of alkyl halides is 3. The van der Waals surface area contributed by atoms with Crippen LogP contribution in [-0.2, 0) is 21.2 Å². The van der Waals surface area contributed by atoms with Crippen LogP contribution in [0.15, 0.2) is 48.7 Å². The third kappa shape index (κ3) is 6.83. The molecule has 2 aliphatic rings. The van der Waals surface area contributed by atoms with Gasteiger partial charge in [0.2, 0.25) is 0 Å². The number of hydrogen-bond acceptors (Lipinski definition) is 5. The van der Waals surface area contributed by atoms with Crippen molar-refractivity contribution in [3.8, 4) is 11.1 Å². The van der Waals surface area contributed by atoms with E-state index in [1.807, 2.05) is 53.2 Å². The first kappa shape index (κ1) is 32.4. The molecule has 0 amide bonds. The van der Waals surface area contributed by atoms with Gasteiger partial charge in [-0.05, 0) is 61.9 Å². The van der Waals surface area contributed by atoms with E-state index in [1.165, 1.54) is 0 Å². The summed E-state index contributed by atoms with van der Waals surface area (Å²) in [5.74, 6) is 0.225. The average Bonchev–Trinajstić information content (AvgIpc) is 3.29. The number of nitrogens with zero attached hydrogens (tertiary/aromatic N) is 2. The molecule has 0 bridgehead atoms. The highest BCUT2D eigenvalue weighted by Crippen LogP contribution is 2.38. The maximum Gasteiger partial charge on any atom is 0.511 e. The lowest BCUT2D eigenvalue weighted by molar-refractivity contribution is -0.119. The predicted octanol–water partition coefficient (Wildman–Crippen LogP) is 5.49. The number of fused-ring (bicyclic) bond motifs is 1. The summed E-state index contributed by atoms with van der Waals surface area (Å²) in [5.41, 5.74) is 4.96. The highest BCUT2D eigenvalue weighted by atomic mass is 35.5. The molecule has 0 radical (unpaired) electrons. The van der Waals surface area contributed by atoms with Crippen LogP contribution in [0.5, 0.6) is 0 Å². The van der Waals surface area contributed by atoms with Crippen molar-refractivity contribution < 1.29 is 26.4 Å². The number of carbonyl (C=O) groups is 1. The number of rotatable bonds is 10. The number of Topliss-reactive ketones (excluding diaryl/α,β-unsaturated/α-hetero) is 1. The molecular formula is C29H34ClF3N4O3S2. The third-order valence-electron chi connectivity index (χ3n) is 8.20. The fraction of sp³-hybridized carbons (Fsp3) is 0.448. The van der Waals surface area contributed by atoms with Gasteiger partial charge < -0.3 is 15.6 Å². The summed E-state index contributed by atoms with van der Waals surface area (Å²) in [5, 5.41) is 4.26. The Morgan fingerprint density at radius 2 is 1.79 bits per heavy atom. The van der Waals surface area contributed by atoms with Gasteiger partial charge in [-0.15, -0.1) is 12.4 Å². The van der Waals surface area contributed by atoms with Crippen LogP contribution >= 0.6 is 24.6 Å². The van der Waals surface area contributed by atoms with Crippen LogP contribution < -0.4 is 11.1 Å². The first-order valence-corrected chi connectivity index (χ1v) is 15.6. The molecule has 42 heavy (non-hydrogen) atoms. The van der Waals surface area contributed by atoms with E-state index < -0.39 is 15.5 Å². The summed E-state index contributed by atoms with van der Waals surface area (Å²) >= 11 is 5.16. The van der Waals surface area contributed by atoms with Crippen molar-refractivity contribution in [3.05, 3.63) is 59.8 Å². The Balaban J connectivity index is 0.00000405. The molecule has 0 saturated carbocycles. The van der Waals surface area contributed by atoms with E-state index in [-0.39, 0.29) is 55.2 Å². The monoisotopic (exact) mass is 642 g/mol. The molecular weight excluding hydrogens is 609 g/mol. The van der Waals surface area contributed by atoms with E-state index in [0.29, 0.717) is 29.6 Å². The van der Waals surface area contributed by atoms with Gasteiger partial charge in [0.05, 0.1) is 0 Å². The Morgan fingerprint density at radius 3 is 2.40 bits per heavy atom. The van der Waals surface area contributed by atoms with Crippen molar-refractivity contribution in [2.24, 2.45) is 5.73 Å². The van der Waals surface area contributed by atoms with Crippen LogP contribution in [0.4, 0.5) is 13.2 Å². The maximum absolute atomic E-state index is 13.1. The first-order valence-electron chi connectivity index (χ1n) is 13.8. The van der Waals surface area contributed by atoms with E-state index in [1.54, 1.807) is 0 Å². The number of aryl methyl sites for hydroxylation is 1. The minimum Gasteiger partial charge on any atom is -0.389 e. The third-order valence-corrected chi connectivity index (χ3v) is 10.1. The molecule has 1 unspecified atom stereocenters. The normalized spacial score (nSPS) is 18.4. The number of nitrogens with two attached hydrogens (primary N) is 1. The van der Waals surface area contributed by atoms with E-state index in [0.717, 1.165) is 52.5 Å². The van der Waals surface area contributed by atoms with Gasteiger partial charge in [-0.3, -0.25) is 4.79 Å². The van der Waals surface area contributed by atoms with Crippen LogP contribution in [0.25, 0.3) is 22.0 Å². The Labute approximate surface area is 255 Å². The average molecular weight is 643 g/mol. The second kappa shape index (κ2) is 13.0. The molecule has 228 valence electrons. The van der Waals surface area contributed by atoms with Crippen LogP contribution in [0, 0.1) is 0 Å². The number of nitrogens with one attached hydrogen (secondary N) is 1. The second-order valence-corrected chi connectivity index (χ2v) is 13.2. The van der Waals surface area contributed by atoms with Gasteiger partial charge in [0.15, 0.2) is 0 Å². The summed E-state index contributed by atoms with van der Waals surface area (Å²) in [6.45, 7) is 0.575. The Hall–Kier alpha value is -2.51. The number of piperidine rings is 1. The SMILES string of the molecule is Cl.NC(=S)c1cccc(-c2cn(C3CCN(S(=O)(=O)C(F)(F)F)CC3)c3cc(CCC(=O)CCC4CCN4)ccc23)c1. The van der Waals surface area contributed by atoms with E-state index >= 15 is 0 Å². The summed E-state index contributed by atoms with van der Waals surface area (Å²) in [7, 11) is -5.36. The zero-order chi connectivity index (χ0) is 29.4. The smallest absolute Gasteiger partial charge is 0.389 e. The van der Waals surface area contributed by atoms with E-state index in [4.69, 9.17) is 18.0 Å². The van der Waals surface area contributed by atoms with E-state index in [2.05, 4.69) is 5.32 Å². The molecule has 2 saturated heterocycles. The Kier molecular flexibility index (Phi) is 10.0. The Bertz CT molecular complexity index is 1560. The lowest BCUT2D eigenvalue weighted by atomic mass is 9.97. The van der Waals surface area contributed by atoms with Crippen molar-refractivity contribution in [1.29, 1.82) is 0 Å². The van der Waals surface area contributed by atoms with Crippen molar-refractivity contribution in [2.75, 3.05) is 19.6 Å². The van der Waals surface area contributed by atoms with Gasteiger partial charge in [-0.25, -0.2) is 8.42 Å². The molecule has 3 aromatic rings. The molecule has 3 N–H and O–H groups in total. The summed E-state index contributed by atoms with van der Waals surface area (Å²) in [6.07, 6.45) is 6.01. The van der Waals surface area contributed by atoms with Gasteiger partial charge in [0.1, 0.15) is 10.8 Å². The lowest BCUT2D eigenvalue weighted by Crippen LogP contribution is -2.45. The zero-order valence-electron chi connectivity index (χ0n) is 22.9. The molecule has 2 aromatic carbocycles. The molecule has 2 aliphatic heterocycles. The molecule has 1 atom stereocenters. The molecule has 13 heteroatoms. The minimum atomic E-state index is -5.36. The fourth-order valence-electron chi connectivity index (χ4n) is 5.67. The molecule has 2 fully saturated rings. The molecule has 1 aromatic heterocycles. The molecule has 3 heterocycles. The number of benzene rings is 2. The number of thiocarbonyl (C=S) groups is 1. The fourth-order valence-corrected chi connectivity index (χ4v) is 6.78. The quantitative estimate of drug-likeness (QED) is 0.284. The largest absolute Gasteiger partial charge is 0.511 e. The topological polar surface area (TPSA) is 97.4 Å². The standard InChI is InChI=1S/C29H33F3N4O3S2.ClH/c30-29(31,32)41(38,39)35-14-11-23(12-15-35)36-18-26(20-2-1-3-21(17-20)28(33)40)25-9-5-19(16-27(25)36)4-7-24(37)8-6-22-10-13-34-22;/h1-3,5,9,16-18,22-23,34H,4,6-8,10-15H2,(H2,33,40);1H. The first-order chi connectivity index (χ1) is 19.4. The number of halogens is 4. The highest BCUT2D eigenvalue weighted by Gasteiger charge is 2.50. The maximum atomic E-state index is 13.1. The van der Waals surface area contributed by atoms with Gasteiger partial charge in [0, 0.05) is 66.2 Å². The predicted molar refractivity (Wildman–Crippen MR) is 164 cm³/mol. The molecule has 5 rings (SSSR count). The number of sulfonamides is 1.